The standard InChI is InChI=1S/C21H21FO4/c1-21(2)10-17-18(22)8-13(9-19(17)26-21)12-3-5-15(6-4-12)25-11-14-7-16(14)20(23)24/h3-6,8-9,14,16H,7,10-11H2,1-2H3,(H,23,24). The highest BCUT2D eigenvalue weighted by atomic mass is 19.1. The van der Waals surface area contributed by atoms with Gasteiger partial charge in [-0.25, -0.2) is 4.39 Å². The van der Waals surface area contributed by atoms with Crippen LogP contribution < -0.4 is 9.47 Å². The molecule has 1 fully saturated rings. The van der Waals surface area contributed by atoms with Crippen molar-refractivity contribution in [1.29, 1.82) is 0 Å². The second-order valence-electron chi connectivity index (χ2n) is 7.75. The Morgan fingerprint density at radius 2 is 2.00 bits per heavy atom. The van der Waals surface area contributed by atoms with Crippen LogP contribution in [0.4, 0.5) is 4.39 Å². The molecule has 0 aromatic heterocycles. The Labute approximate surface area is 151 Å². The Morgan fingerprint density at radius 3 is 2.65 bits per heavy atom. The molecule has 5 heteroatoms. The number of benzene rings is 2. The number of fused-ring (bicyclic) bond motifs is 1. The van der Waals surface area contributed by atoms with Crippen LogP contribution in [0.15, 0.2) is 36.4 Å². The van der Waals surface area contributed by atoms with Crippen LogP contribution in [0, 0.1) is 17.7 Å². The number of aliphatic carboxylic acids is 1. The zero-order valence-electron chi connectivity index (χ0n) is 14.8. The van der Waals surface area contributed by atoms with Crippen molar-refractivity contribution in [2.75, 3.05) is 6.61 Å². The van der Waals surface area contributed by atoms with Crippen LogP contribution in [0.2, 0.25) is 0 Å². The molecule has 2 unspecified atom stereocenters. The van der Waals surface area contributed by atoms with Gasteiger partial charge < -0.3 is 14.6 Å². The number of rotatable bonds is 5. The smallest absolute Gasteiger partial charge is 0.306 e. The molecule has 2 aromatic rings. The van der Waals surface area contributed by atoms with Crippen molar-refractivity contribution >= 4 is 5.97 Å². The first kappa shape index (κ1) is 16.9. The lowest BCUT2D eigenvalue weighted by molar-refractivity contribution is -0.138. The highest BCUT2D eigenvalue weighted by Gasteiger charge is 2.43. The van der Waals surface area contributed by atoms with E-state index in [0.29, 0.717) is 36.5 Å². The van der Waals surface area contributed by atoms with Gasteiger partial charge in [0.1, 0.15) is 22.9 Å². The number of carboxylic acids is 1. The molecular weight excluding hydrogens is 335 g/mol. The van der Waals surface area contributed by atoms with E-state index in [0.717, 1.165) is 11.1 Å². The summed E-state index contributed by atoms with van der Waals surface area (Å²) >= 11 is 0. The number of hydrogen-bond acceptors (Lipinski definition) is 3. The molecule has 1 heterocycles. The molecular formula is C21H21FO4. The van der Waals surface area contributed by atoms with Crippen LogP contribution in [-0.2, 0) is 11.2 Å². The van der Waals surface area contributed by atoms with E-state index in [1.165, 1.54) is 0 Å². The van der Waals surface area contributed by atoms with E-state index in [4.69, 9.17) is 14.6 Å². The van der Waals surface area contributed by atoms with E-state index < -0.39 is 5.97 Å². The summed E-state index contributed by atoms with van der Waals surface area (Å²) in [4.78, 5) is 10.8. The Morgan fingerprint density at radius 1 is 1.27 bits per heavy atom. The first-order chi connectivity index (χ1) is 12.3. The van der Waals surface area contributed by atoms with Gasteiger partial charge in [0, 0.05) is 17.9 Å². The lowest BCUT2D eigenvalue weighted by Gasteiger charge is -2.16. The van der Waals surface area contributed by atoms with E-state index in [-0.39, 0.29) is 23.3 Å². The molecule has 0 spiro atoms. The summed E-state index contributed by atoms with van der Waals surface area (Å²) in [5.41, 5.74) is 1.90. The normalized spacial score (nSPS) is 22.4. The molecule has 1 N–H and O–H groups in total. The highest BCUT2D eigenvalue weighted by Crippen LogP contribution is 2.40. The van der Waals surface area contributed by atoms with E-state index in [2.05, 4.69) is 0 Å². The molecule has 1 saturated carbocycles. The Kier molecular flexibility index (Phi) is 3.90. The number of carboxylic acid groups (broad SMARTS) is 1. The maximum absolute atomic E-state index is 14.4. The summed E-state index contributed by atoms with van der Waals surface area (Å²) in [5.74, 6) is 0.129. The molecule has 4 nitrogen and oxygen atoms in total. The molecule has 0 bridgehead atoms. The second kappa shape index (κ2) is 6.01. The number of hydrogen-bond donors (Lipinski definition) is 1. The third kappa shape index (κ3) is 3.26. The Balaban J connectivity index is 1.46. The molecule has 1 aliphatic heterocycles. The van der Waals surface area contributed by atoms with Crippen LogP contribution in [-0.4, -0.2) is 23.3 Å². The summed E-state index contributed by atoms with van der Waals surface area (Å²) in [6.45, 7) is 4.31. The minimum absolute atomic E-state index is 0.0958. The average molecular weight is 356 g/mol. The molecule has 0 saturated heterocycles. The van der Waals surface area contributed by atoms with Crippen molar-refractivity contribution in [2.24, 2.45) is 11.8 Å². The molecule has 136 valence electrons. The summed E-state index contributed by atoms with van der Waals surface area (Å²) in [7, 11) is 0. The maximum Gasteiger partial charge on any atom is 0.306 e. The van der Waals surface area contributed by atoms with Gasteiger partial charge in [-0.3, -0.25) is 4.79 Å². The molecule has 2 aromatic carbocycles. The van der Waals surface area contributed by atoms with Gasteiger partial charge >= 0.3 is 5.97 Å². The SMILES string of the molecule is CC1(C)Cc2c(F)cc(-c3ccc(OCC4CC4C(=O)O)cc3)cc2O1. The predicted molar refractivity (Wildman–Crippen MR) is 95.0 cm³/mol. The van der Waals surface area contributed by atoms with Crippen LogP contribution in [0.3, 0.4) is 0 Å². The van der Waals surface area contributed by atoms with Gasteiger partial charge in [0.25, 0.3) is 0 Å². The summed E-state index contributed by atoms with van der Waals surface area (Å²) in [5, 5.41) is 8.91. The molecule has 2 atom stereocenters. The van der Waals surface area contributed by atoms with Crippen molar-refractivity contribution in [3.8, 4) is 22.6 Å². The summed E-state index contributed by atoms with van der Waals surface area (Å²) in [6, 6.07) is 10.8. The van der Waals surface area contributed by atoms with Crippen molar-refractivity contribution < 1.29 is 23.8 Å². The third-order valence-electron chi connectivity index (χ3n) is 5.03. The zero-order chi connectivity index (χ0) is 18.5. The van der Waals surface area contributed by atoms with Crippen LogP contribution in [0.1, 0.15) is 25.8 Å². The number of halogens is 1. The lowest BCUT2D eigenvalue weighted by Crippen LogP contribution is -2.24. The summed E-state index contributed by atoms with van der Waals surface area (Å²) < 4.78 is 25.9. The van der Waals surface area contributed by atoms with Gasteiger partial charge in [-0.05, 0) is 55.7 Å². The molecule has 26 heavy (non-hydrogen) atoms. The van der Waals surface area contributed by atoms with Crippen LogP contribution in [0.5, 0.6) is 11.5 Å². The fraction of sp³-hybridized carbons (Fsp3) is 0.381. The van der Waals surface area contributed by atoms with Crippen molar-refractivity contribution in [3.05, 3.63) is 47.8 Å². The largest absolute Gasteiger partial charge is 0.493 e. The van der Waals surface area contributed by atoms with Crippen LogP contribution in [0.25, 0.3) is 11.1 Å². The van der Waals surface area contributed by atoms with Crippen LogP contribution >= 0.6 is 0 Å². The lowest BCUT2D eigenvalue weighted by atomic mass is 9.98. The van der Waals surface area contributed by atoms with Gasteiger partial charge in [-0.2, -0.15) is 0 Å². The highest BCUT2D eigenvalue weighted by molar-refractivity contribution is 5.73. The maximum atomic E-state index is 14.4. The minimum atomic E-state index is -0.752. The molecule has 2 aliphatic rings. The van der Waals surface area contributed by atoms with Gasteiger partial charge in [0.2, 0.25) is 0 Å². The first-order valence-electron chi connectivity index (χ1n) is 8.80. The molecule has 4 rings (SSSR count). The van der Waals surface area contributed by atoms with Gasteiger partial charge in [0.15, 0.2) is 0 Å². The van der Waals surface area contributed by atoms with Gasteiger partial charge in [-0.15, -0.1) is 0 Å². The topological polar surface area (TPSA) is 55.8 Å². The quantitative estimate of drug-likeness (QED) is 0.868. The van der Waals surface area contributed by atoms with Crippen molar-refractivity contribution in [2.45, 2.75) is 32.3 Å². The number of ether oxygens (including phenoxy) is 2. The second-order valence-corrected chi connectivity index (χ2v) is 7.75. The fourth-order valence-electron chi connectivity index (χ4n) is 3.48. The van der Waals surface area contributed by atoms with E-state index in [1.54, 1.807) is 6.07 Å². The summed E-state index contributed by atoms with van der Waals surface area (Å²) in [6.07, 6.45) is 1.25. The monoisotopic (exact) mass is 356 g/mol. The first-order valence-corrected chi connectivity index (χ1v) is 8.80. The van der Waals surface area contributed by atoms with Gasteiger partial charge in [0.05, 0.1) is 12.5 Å². The Hall–Kier alpha value is -2.56. The van der Waals surface area contributed by atoms with E-state index >= 15 is 0 Å². The minimum Gasteiger partial charge on any atom is -0.493 e. The molecule has 0 radical (unpaired) electrons. The predicted octanol–water partition coefficient (Wildman–Crippen LogP) is 4.31. The molecule has 1 aliphatic carbocycles. The van der Waals surface area contributed by atoms with E-state index in [1.807, 2.05) is 44.2 Å². The fourth-order valence-corrected chi connectivity index (χ4v) is 3.48. The third-order valence-corrected chi connectivity index (χ3v) is 5.03. The molecule has 0 amide bonds. The Bertz CT molecular complexity index is 857. The van der Waals surface area contributed by atoms with Gasteiger partial charge in [-0.1, -0.05) is 12.1 Å². The zero-order valence-corrected chi connectivity index (χ0v) is 14.8. The van der Waals surface area contributed by atoms with Crippen molar-refractivity contribution in [3.63, 3.8) is 0 Å². The van der Waals surface area contributed by atoms with Crippen molar-refractivity contribution in [1.82, 2.24) is 0 Å². The number of carbonyl (C=O) groups is 1. The average Bonchev–Trinajstić information content (AvgIpc) is 3.29. The van der Waals surface area contributed by atoms with E-state index in [9.17, 15) is 9.18 Å².